The average Bonchev–Trinajstić information content (AvgIpc) is 1.09. The molecule has 17 atom stereocenters. The molecule has 0 saturated carbocycles. The van der Waals surface area contributed by atoms with E-state index in [1.54, 1.807) is 6.08 Å². The first-order chi connectivity index (χ1) is 46.8. The van der Waals surface area contributed by atoms with Gasteiger partial charge < -0.3 is 89.9 Å². The van der Waals surface area contributed by atoms with Crippen molar-refractivity contribution in [2.45, 2.75) is 330 Å². The van der Waals surface area contributed by atoms with Crippen LogP contribution >= 0.6 is 0 Å². The zero-order valence-corrected chi connectivity index (χ0v) is 58.3. The van der Waals surface area contributed by atoms with E-state index in [0.29, 0.717) is 12.8 Å². The van der Waals surface area contributed by atoms with Gasteiger partial charge in [-0.25, -0.2) is 0 Å². The largest absolute Gasteiger partial charge is 0.394 e. The minimum atomic E-state index is -1.99. The van der Waals surface area contributed by atoms with E-state index in [0.717, 1.165) is 103 Å². The predicted octanol–water partition coefficient (Wildman–Crippen LogP) is 10.8. The van der Waals surface area contributed by atoms with Crippen molar-refractivity contribution in [1.82, 2.24) is 5.32 Å². The summed E-state index contributed by atoms with van der Waals surface area (Å²) < 4.78 is 34.3. The molecule has 96 heavy (non-hydrogen) atoms. The summed E-state index contributed by atoms with van der Waals surface area (Å²) in [5.41, 5.74) is 0. The summed E-state index contributed by atoms with van der Waals surface area (Å²) in [6, 6.07) is -1.02. The molecular weight excluding hydrogens is 1230 g/mol. The van der Waals surface area contributed by atoms with Crippen LogP contribution in [0.4, 0.5) is 0 Å². The highest BCUT2D eigenvalue weighted by atomic mass is 16.8. The molecule has 1 amide bonds. The van der Waals surface area contributed by atoms with Crippen LogP contribution in [0, 0.1) is 0 Å². The molecule has 0 aromatic heterocycles. The Morgan fingerprint density at radius 1 is 0.385 bits per heavy atom. The Morgan fingerprint density at radius 3 is 1.17 bits per heavy atom. The van der Waals surface area contributed by atoms with Gasteiger partial charge in [-0.2, -0.15) is 0 Å². The van der Waals surface area contributed by atoms with Crippen molar-refractivity contribution in [3.63, 3.8) is 0 Å². The number of hydrogen-bond donors (Lipinski definition) is 12. The second kappa shape index (κ2) is 56.9. The van der Waals surface area contributed by atoms with E-state index in [1.807, 2.05) is 6.08 Å². The molecule has 0 spiro atoms. The fourth-order valence-corrected chi connectivity index (χ4v) is 11.6. The molecule has 0 aliphatic carbocycles. The molecule has 0 radical (unpaired) electrons. The van der Waals surface area contributed by atoms with Gasteiger partial charge in [-0.1, -0.05) is 238 Å². The summed E-state index contributed by atoms with van der Waals surface area (Å²) in [7, 11) is 0. The predicted molar refractivity (Wildman–Crippen MR) is 378 cm³/mol. The summed E-state index contributed by atoms with van der Waals surface area (Å²) in [5.74, 6) is -0.313. The first-order valence-electron chi connectivity index (χ1n) is 36.8. The van der Waals surface area contributed by atoms with Gasteiger partial charge >= 0.3 is 0 Å². The quantitative estimate of drug-likeness (QED) is 0.0199. The molecule has 3 saturated heterocycles. The van der Waals surface area contributed by atoms with Crippen molar-refractivity contribution >= 4 is 5.91 Å². The van der Waals surface area contributed by atoms with Crippen LogP contribution in [0.15, 0.2) is 122 Å². The van der Waals surface area contributed by atoms with Crippen molar-refractivity contribution in [3.05, 3.63) is 122 Å². The lowest BCUT2D eigenvalue weighted by Gasteiger charge is -2.48. The summed E-state index contributed by atoms with van der Waals surface area (Å²) in [4.78, 5) is 13.4. The van der Waals surface area contributed by atoms with Crippen molar-refractivity contribution in [2.75, 3.05) is 26.4 Å². The maximum Gasteiger partial charge on any atom is 0.220 e. The number of nitrogens with one attached hydrogen (secondary N) is 1. The number of carbonyl (C=O) groups is 1. The van der Waals surface area contributed by atoms with Crippen LogP contribution in [0.2, 0.25) is 0 Å². The first-order valence-corrected chi connectivity index (χ1v) is 36.8. The van der Waals surface area contributed by atoms with Gasteiger partial charge in [-0.05, 0) is 103 Å². The zero-order chi connectivity index (χ0) is 69.6. The number of aliphatic hydroxyl groups excluding tert-OH is 11. The Hall–Kier alpha value is -3.81. The number of rotatable bonds is 55. The summed E-state index contributed by atoms with van der Waals surface area (Å²) in [6.07, 6.45) is 51.7. The van der Waals surface area contributed by atoms with Crippen LogP contribution in [0.5, 0.6) is 0 Å². The molecule has 0 aromatic rings. The molecule has 550 valence electrons. The minimum Gasteiger partial charge on any atom is -0.394 e. The molecule has 17 unspecified atom stereocenters. The molecule has 19 nitrogen and oxygen atoms in total. The van der Waals surface area contributed by atoms with E-state index in [-0.39, 0.29) is 18.9 Å². The van der Waals surface area contributed by atoms with Crippen LogP contribution in [0.1, 0.15) is 226 Å². The Kier molecular flexibility index (Phi) is 51.2. The van der Waals surface area contributed by atoms with Crippen LogP contribution in [0.3, 0.4) is 0 Å². The lowest BCUT2D eigenvalue weighted by Crippen LogP contribution is -2.66. The minimum absolute atomic E-state index is 0.201. The van der Waals surface area contributed by atoms with E-state index in [2.05, 4.69) is 129 Å². The van der Waals surface area contributed by atoms with Gasteiger partial charge in [0.15, 0.2) is 18.9 Å². The van der Waals surface area contributed by atoms with Gasteiger partial charge in [-0.3, -0.25) is 4.79 Å². The number of hydrogen-bond acceptors (Lipinski definition) is 18. The smallest absolute Gasteiger partial charge is 0.220 e. The van der Waals surface area contributed by atoms with Crippen molar-refractivity contribution in [2.24, 2.45) is 0 Å². The number of amides is 1. The first kappa shape index (κ1) is 86.4. The second-order valence-electron chi connectivity index (χ2n) is 25.6. The lowest BCUT2D eigenvalue weighted by molar-refractivity contribution is -0.379. The molecule has 0 aromatic carbocycles. The molecule has 3 aliphatic rings. The monoisotopic (exact) mass is 1360 g/mol. The van der Waals surface area contributed by atoms with E-state index >= 15 is 0 Å². The lowest BCUT2D eigenvalue weighted by atomic mass is 9.96. The summed E-state index contributed by atoms with van der Waals surface area (Å²) >= 11 is 0. The number of carbonyl (C=O) groups excluding carboxylic acids is 1. The summed E-state index contributed by atoms with van der Waals surface area (Å²) in [5, 5.41) is 121. The van der Waals surface area contributed by atoms with Crippen molar-refractivity contribution in [3.8, 4) is 0 Å². The molecule has 3 heterocycles. The van der Waals surface area contributed by atoms with E-state index in [9.17, 15) is 61.0 Å². The highest BCUT2D eigenvalue weighted by Crippen LogP contribution is 2.33. The van der Waals surface area contributed by atoms with Crippen LogP contribution in [-0.2, 0) is 33.2 Å². The number of unbranched alkanes of at least 4 members (excludes halogenated alkanes) is 21. The molecule has 12 N–H and O–H groups in total. The Morgan fingerprint density at radius 2 is 0.729 bits per heavy atom. The fourth-order valence-electron chi connectivity index (χ4n) is 11.6. The SMILES string of the molecule is CC/C=C\C/C=C\C/C=C\C/C=C\C/C=C\C/C=C\C/C=C\CCCCCCCC(=O)NC(COC1OC(CO)C(OC2OC(CO)C(OC3OC(CO)C(O)C(O)C3O)C(O)C2O)C(O)C1O)C(O)/C=C/CC/C=C/CC/C=C/CCCCCCCCCCCCCCCC. The van der Waals surface area contributed by atoms with E-state index in [4.69, 9.17) is 28.4 Å². The standard InChI is InChI=1S/C77H129NO18/c1-3-5-7-9-11-13-15-17-19-21-23-25-27-29-30-31-33-35-37-39-41-43-45-47-49-51-53-55-65(83)78-60(61(82)54-52-50-48-46-44-42-40-38-36-34-32-28-26-24-22-20-18-16-14-12-10-8-6-4-2)59-91-75-71(89)68(86)73(63(57-80)93-75)96-77-72(90)69(87)74(64(58-81)94-77)95-76-70(88)67(85)66(84)62(56-79)92-76/h5,7,11,13,17,19,23,25,29-30,33,35-36,38-39,41,44,46,52,54,60-64,66-77,79-82,84-90H,3-4,6,8-10,12,14-16,18,20-22,24,26-28,31-32,34,37,40,42-43,45,47-51,53,55-59H2,1-2H3,(H,78,83)/b7-5-,13-11-,19-17-,25-23-,30-29-,35-33-,38-36+,41-39-,46-44+,54-52+. The van der Waals surface area contributed by atoms with E-state index < -0.39 is 124 Å². The number of aliphatic hydroxyl groups is 11. The maximum absolute atomic E-state index is 13.4. The van der Waals surface area contributed by atoms with Gasteiger partial charge in [0.2, 0.25) is 5.91 Å². The highest BCUT2D eigenvalue weighted by Gasteiger charge is 2.53. The third kappa shape index (κ3) is 37.6. The average molecular weight is 1360 g/mol. The van der Waals surface area contributed by atoms with Gasteiger partial charge in [0.25, 0.3) is 0 Å². The zero-order valence-electron chi connectivity index (χ0n) is 58.3. The normalized spacial score (nSPS) is 27.8. The molecule has 3 fully saturated rings. The molecule has 3 aliphatic heterocycles. The molecule has 3 rings (SSSR count). The van der Waals surface area contributed by atoms with Crippen LogP contribution in [-0.4, -0.2) is 193 Å². The fraction of sp³-hybridized carbons (Fsp3) is 0.727. The van der Waals surface area contributed by atoms with Crippen molar-refractivity contribution < 1.29 is 89.4 Å². The molecule has 0 bridgehead atoms. The Bertz CT molecular complexity index is 2210. The molecule has 19 heteroatoms. The van der Waals surface area contributed by atoms with Crippen molar-refractivity contribution in [1.29, 1.82) is 0 Å². The Balaban J connectivity index is 1.45. The van der Waals surface area contributed by atoms with Crippen LogP contribution in [0.25, 0.3) is 0 Å². The topological polar surface area (TPSA) is 307 Å². The van der Waals surface area contributed by atoms with Crippen LogP contribution < -0.4 is 5.32 Å². The number of ether oxygens (including phenoxy) is 6. The van der Waals surface area contributed by atoms with E-state index in [1.165, 1.54) is 89.9 Å². The third-order valence-corrected chi connectivity index (χ3v) is 17.5. The van der Waals surface area contributed by atoms with Gasteiger partial charge in [0, 0.05) is 6.42 Å². The maximum atomic E-state index is 13.4. The molecular formula is C77H129NO18. The van der Waals surface area contributed by atoms with Gasteiger partial charge in [0.1, 0.15) is 73.2 Å². The summed E-state index contributed by atoms with van der Waals surface area (Å²) in [6.45, 7) is 1.57. The highest BCUT2D eigenvalue weighted by molar-refractivity contribution is 5.76. The number of allylic oxidation sites excluding steroid dienone is 19. The third-order valence-electron chi connectivity index (χ3n) is 17.5. The van der Waals surface area contributed by atoms with Gasteiger partial charge in [-0.15, -0.1) is 0 Å². The second-order valence-corrected chi connectivity index (χ2v) is 25.6. The Labute approximate surface area is 576 Å². The van der Waals surface area contributed by atoms with Gasteiger partial charge in [0.05, 0.1) is 38.6 Å².